The average Bonchev–Trinajstić information content (AvgIpc) is 2.74. The van der Waals surface area contributed by atoms with Gasteiger partial charge in [0.1, 0.15) is 18.2 Å². The van der Waals surface area contributed by atoms with E-state index in [0.29, 0.717) is 11.4 Å². The van der Waals surface area contributed by atoms with Crippen LogP contribution in [0.5, 0.6) is 5.75 Å². The van der Waals surface area contributed by atoms with Crippen LogP contribution in [-0.4, -0.2) is 27.5 Å². The normalized spacial score (nSPS) is 15.9. The van der Waals surface area contributed by atoms with Crippen LogP contribution in [0.1, 0.15) is 13.8 Å². The number of nitrogens with one attached hydrogen (secondary N) is 1. The minimum Gasteiger partial charge on any atom is -0.490 e. The van der Waals surface area contributed by atoms with Crippen molar-refractivity contribution >= 4 is 38.9 Å². The number of amides is 1. The minimum absolute atomic E-state index is 0.165. The van der Waals surface area contributed by atoms with E-state index in [-0.39, 0.29) is 34.7 Å². The molecule has 0 aliphatic carbocycles. The summed E-state index contributed by atoms with van der Waals surface area (Å²) in [7, 11) is -4.02. The molecular weight excluding hydrogens is 419 g/mol. The van der Waals surface area contributed by atoms with Gasteiger partial charge in [-0.3, -0.25) is 9.52 Å². The number of sulfonamides is 1. The molecule has 2 aromatic carbocycles. The second kappa shape index (κ2) is 7.68. The Morgan fingerprint density at radius 1 is 1.31 bits per heavy atom. The number of rotatable bonds is 5. The Kier molecular flexibility index (Phi) is 5.60. The molecule has 29 heavy (non-hydrogen) atoms. The van der Waals surface area contributed by atoms with Crippen molar-refractivity contribution in [2.45, 2.75) is 18.7 Å². The van der Waals surface area contributed by atoms with Crippen LogP contribution in [0, 0.1) is 11.2 Å². The van der Waals surface area contributed by atoms with Crippen LogP contribution in [0.15, 0.2) is 53.9 Å². The van der Waals surface area contributed by atoms with E-state index in [4.69, 9.17) is 16.3 Å². The zero-order valence-corrected chi connectivity index (χ0v) is 17.5. The number of ether oxygens (including phenoxy) is 1. The van der Waals surface area contributed by atoms with Gasteiger partial charge in [0.2, 0.25) is 5.91 Å². The first-order valence-electron chi connectivity index (χ1n) is 8.73. The van der Waals surface area contributed by atoms with E-state index in [2.05, 4.69) is 11.3 Å². The molecule has 0 aromatic heterocycles. The van der Waals surface area contributed by atoms with Gasteiger partial charge >= 0.3 is 0 Å². The summed E-state index contributed by atoms with van der Waals surface area (Å²) in [6, 6.07) is 7.76. The molecule has 1 aliphatic heterocycles. The Morgan fingerprint density at radius 2 is 2.03 bits per heavy atom. The van der Waals surface area contributed by atoms with E-state index in [9.17, 15) is 17.6 Å². The van der Waals surface area contributed by atoms with Crippen molar-refractivity contribution in [3.05, 3.63) is 59.9 Å². The summed E-state index contributed by atoms with van der Waals surface area (Å²) in [4.78, 5) is 14.2. The lowest BCUT2D eigenvalue weighted by Gasteiger charge is -2.27. The molecule has 1 aliphatic rings. The number of nitrogens with zero attached hydrogens (tertiary/aromatic N) is 1. The second-order valence-corrected chi connectivity index (χ2v) is 9.33. The molecule has 0 saturated heterocycles. The van der Waals surface area contributed by atoms with Crippen LogP contribution in [-0.2, 0) is 14.8 Å². The van der Waals surface area contributed by atoms with Gasteiger partial charge < -0.3 is 9.64 Å². The highest BCUT2D eigenvalue weighted by molar-refractivity contribution is 7.92. The number of benzene rings is 2. The highest BCUT2D eigenvalue weighted by Crippen LogP contribution is 2.38. The lowest BCUT2D eigenvalue weighted by Crippen LogP contribution is -2.42. The van der Waals surface area contributed by atoms with Gasteiger partial charge in [-0.25, -0.2) is 12.8 Å². The molecule has 1 amide bonds. The molecule has 2 aromatic rings. The third kappa shape index (κ3) is 4.23. The van der Waals surface area contributed by atoms with Gasteiger partial charge in [0.25, 0.3) is 10.0 Å². The van der Waals surface area contributed by atoms with Gasteiger partial charge in [-0.1, -0.05) is 17.7 Å². The molecule has 6 nitrogen and oxygen atoms in total. The Labute approximate surface area is 174 Å². The largest absolute Gasteiger partial charge is 0.490 e. The Bertz CT molecular complexity index is 1090. The highest BCUT2D eigenvalue weighted by Gasteiger charge is 2.37. The Hall–Kier alpha value is -2.58. The molecule has 3 rings (SSSR count). The highest BCUT2D eigenvalue weighted by atomic mass is 35.5. The van der Waals surface area contributed by atoms with Crippen LogP contribution >= 0.6 is 11.6 Å². The van der Waals surface area contributed by atoms with Crippen molar-refractivity contribution in [1.29, 1.82) is 0 Å². The van der Waals surface area contributed by atoms with E-state index in [1.54, 1.807) is 26.0 Å². The molecule has 0 unspecified atom stereocenters. The number of hydrogen-bond donors (Lipinski definition) is 1. The molecule has 0 radical (unpaired) electrons. The van der Waals surface area contributed by atoms with E-state index >= 15 is 0 Å². The van der Waals surface area contributed by atoms with Gasteiger partial charge in [0.15, 0.2) is 0 Å². The van der Waals surface area contributed by atoms with Gasteiger partial charge in [-0.2, -0.15) is 0 Å². The molecule has 0 fully saturated rings. The van der Waals surface area contributed by atoms with Crippen molar-refractivity contribution in [2.24, 2.45) is 5.41 Å². The van der Waals surface area contributed by atoms with E-state index in [0.717, 1.165) is 18.2 Å². The smallest absolute Gasteiger partial charge is 0.261 e. The fourth-order valence-electron chi connectivity index (χ4n) is 2.88. The van der Waals surface area contributed by atoms with Crippen molar-refractivity contribution in [3.8, 4) is 5.75 Å². The second-order valence-electron chi connectivity index (χ2n) is 7.24. The maximum absolute atomic E-state index is 13.3. The molecule has 0 atom stereocenters. The van der Waals surface area contributed by atoms with Gasteiger partial charge in [-0.15, -0.1) is 6.58 Å². The summed E-state index contributed by atoms with van der Waals surface area (Å²) in [5.74, 6) is -0.422. The molecule has 0 saturated carbocycles. The van der Waals surface area contributed by atoms with E-state index in [1.165, 1.54) is 17.0 Å². The molecule has 9 heteroatoms. The summed E-state index contributed by atoms with van der Waals surface area (Å²) in [5.41, 5.74) is -0.112. The standard InChI is InChI=1S/C20H20ClFN2O4S/c1-4-9-24-17-10-13(5-8-18(17)28-12-20(2,3)19(24)25)23-29(26,27)14-6-7-16(22)15(21)11-14/h4-8,10-11,23H,1,9,12H2,2-3H3. The third-order valence-electron chi connectivity index (χ3n) is 4.43. The zero-order valence-electron chi connectivity index (χ0n) is 15.9. The Balaban J connectivity index is 1.99. The van der Waals surface area contributed by atoms with Gasteiger partial charge in [0.05, 0.1) is 26.7 Å². The fraction of sp³-hybridized carbons (Fsp3) is 0.250. The SMILES string of the molecule is C=CCN1C(=O)C(C)(C)COc2ccc(NS(=O)(=O)c3ccc(F)c(Cl)c3)cc21. The predicted octanol–water partition coefficient (Wildman–Crippen LogP) is 4.22. The summed E-state index contributed by atoms with van der Waals surface area (Å²) >= 11 is 5.70. The summed E-state index contributed by atoms with van der Waals surface area (Å²) < 4.78 is 46.9. The van der Waals surface area contributed by atoms with E-state index in [1.807, 2.05) is 0 Å². The number of hydrogen-bond acceptors (Lipinski definition) is 4. The first kappa shape index (κ1) is 21.1. The van der Waals surface area contributed by atoms with Crippen molar-refractivity contribution in [1.82, 2.24) is 0 Å². The fourth-order valence-corrected chi connectivity index (χ4v) is 4.20. The number of anilines is 2. The third-order valence-corrected chi connectivity index (χ3v) is 6.10. The first-order chi connectivity index (χ1) is 13.5. The zero-order chi connectivity index (χ0) is 21.4. The number of carbonyl (C=O) groups is 1. The maximum atomic E-state index is 13.3. The molecule has 154 valence electrons. The van der Waals surface area contributed by atoms with Crippen LogP contribution in [0.2, 0.25) is 5.02 Å². The first-order valence-corrected chi connectivity index (χ1v) is 10.6. The van der Waals surface area contributed by atoms with Crippen molar-refractivity contribution in [2.75, 3.05) is 22.8 Å². The number of fused-ring (bicyclic) bond motifs is 1. The monoisotopic (exact) mass is 438 g/mol. The molecular formula is C20H20ClFN2O4S. The van der Waals surface area contributed by atoms with E-state index < -0.39 is 21.3 Å². The average molecular weight is 439 g/mol. The lowest BCUT2D eigenvalue weighted by atomic mass is 9.93. The summed E-state index contributed by atoms with van der Waals surface area (Å²) in [6.45, 7) is 7.67. The topological polar surface area (TPSA) is 75.7 Å². The number of halogens is 2. The van der Waals surface area contributed by atoms with Crippen molar-refractivity contribution < 1.29 is 22.3 Å². The molecule has 0 bridgehead atoms. The van der Waals surface area contributed by atoms with Crippen LogP contribution in [0.4, 0.5) is 15.8 Å². The quantitative estimate of drug-likeness (QED) is 0.709. The van der Waals surface area contributed by atoms with Crippen LogP contribution in [0.3, 0.4) is 0 Å². The van der Waals surface area contributed by atoms with Gasteiger partial charge in [-0.05, 0) is 50.2 Å². The molecule has 0 spiro atoms. The lowest BCUT2D eigenvalue weighted by molar-refractivity contribution is -0.127. The number of carbonyl (C=O) groups excluding carboxylic acids is 1. The maximum Gasteiger partial charge on any atom is 0.261 e. The van der Waals surface area contributed by atoms with Crippen molar-refractivity contribution in [3.63, 3.8) is 0 Å². The Morgan fingerprint density at radius 3 is 2.69 bits per heavy atom. The molecule has 1 N–H and O–H groups in total. The van der Waals surface area contributed by atoms with Crippen LogP contribution < -0.4 is 14.4 Å². The summed E-state index contributed by atoms with van der Waals surface area (Å²) in [5, 5.41) is -0.298. The van der Waals surface area contributed by atoms with Gasteiger partial charge in [0, 0.05) is 6.54 Å². The predicted molar refractivity (Wildman–Crippen MR) is 110 cm³/mol. The minimum atomic E-state index is -4.02. The van der Waals surface area contributed by atoms with Crippen LogP contribution in [0.25, 0.3) is 0 Å². The summed E-state index contributed by atoms with van der Waals surface area (Å²) in [6.07, 6.45) is 1.58. The molecule has 1 heterocycles.